The van der Waals surface area contributed by atoms with Crippen LogP contribution in [-0.4, -0.2) is 36.1 Å². The molecule has 1 aromatic heterocycles. The van der Waals surface area contributed by atoms with Crippen LogP contribution in [0, 0.1) is 0 Å². The maximum absolute atomic E-state index is 10.9. The summed E-state index contributed by atoms with van der Waals surface area (Å²) in [4.78, 5) is 8.02. The lowest BCUT2D eigenvalue weighted by molar-refractivity contribution is 0.356. The highest BCUT2D eigenvalue weighted by molar-refractivity contribution is 6.22. The Hall–Kier alpha value is -3.77. The second-order valence-electron chi connectivity index (χ2n) is 8.13. The molecule has 0 unspecified atom stereocenters. The van der Waals surface area contributed by atoms with Crippen LogP contribution < -0.4 is 14.8 Å². The van der Waals surface area contributed by atoms with Crippen LogP contribution in [-0.2, 0) is 6.54 Å². The van der Waals surface area contributed by atoms with Crippen LogP contribution in [0.2, 0.25) is 0 Å². The molecule has 33 heavy (non-hydrogen) atoms. The van der Waals surface area contributed by atoms with Crippen molar-refractivity contribution in [2.45, 2.75) is 26.4 Å². The molecule has 0 bridgehead atoms. The van der Waals surface area contributed by atoms with Crippen molar-refractivity contribution in [3.05, 3.63) is 83.4 Å². The number of H-pyrrole nitrogens is 1. The number of hydrogen-bond donors (Lipinski definition) is 3. The van der Waals surface area contributed by atoms with E-state index in [-0.39, 0.29) is 5.88 Å². The van der Waals surface area contributed by atoms with Crippen LogP contribution in [0.5, 0.6) is 17.4 Å². The fourth-order valence-electron chi connectivity index (χ4n) is 3.75. The van der Waals surface area contributed by atoms with Crippen LogP contribution in [0.15, 0.2) is 71.7 Å². The smallest absolute Gasteiger partial charge is 0.199 e. The zero-order valence-electron chi connectivity index (χ0n) is 19.3. The van der Waals surface area contributed by atoms with Gasteiger partial charge in [-0.15, -0.1) is 0 Å². The molecule has 0 saturated heterocycles. The van der Waals surface area contributed by atoms with Gasteiger partial charge in [0.25, 0.3) is 0 Å². The van der Waals surface area contributed by atoms with E-state index in [0.717, 1.165) is 28.7 Å². The SMILES string of the molecule is COc1cc2[nH]c(O)c(C(=Nc3ccc(CNC(C)C)cc3)c3ccccc3)c2cc1OC. The largest absolute Gasteiger partial charge is 0.494 e. The summed E-state index contributed by atoms with van der Waals surface area (Å²) >= 11 is 0. The summed E-state index contributed by atoms with van der Waals surface area (Å²) in [6.45, 7) is 5.06. The highest BCUT2D eigenvalue weighted by atomic mass is 16.5. The topological polar surface area (TPSA) is 78.9 Å². The molecule has 0 atom stereocenters. The highest BCUT2D eigenvalue weighted by Crippen LogP contribution is 2.38. The van der Waals surface area contributed by atoms with E-state index in [1.54, 1.807) is 14.2 Å². The Morgan fingerprint density at radius 2 is 1.64 bits per heavy atom. The van der Waals surface area contributed by atoms with Gasteiger partial charge in [-0.2, -0.15) is 0 Å². The van der Waals surface area contributed by atoms with Gasteiger partial charge in [0.05, 0.1) is 36.7 Å². The number of nitrogens with zero attached hydrogens (tertiary/aromatic N) is 1. The van der Waals surface area contributed by atoms with Gasteiger partial charge in [-0.3, -0.25) is 0 Å². The van der Waals surface area contributed by atoms with Crippen LogP contribution in [0.1, 0.15) is 30.5 Å². The van der Waals surface area contributed by atoms with Crippen molar-refractivity contribution in [2.24, 2.45) is 4.99 Å². The second kappa shape index (κ2) is 9.79. The average molecular weight is 444 g/mol. The first kappa shape index (κ1) is 22.4. The Morgan fingerprint density at radius 3 is 2.27 bits per heavy atom. The minimum absolute atomic E-state index is 0.0423. The minimum atomic E-state index is 0.0423. The molecule has 3 aromatic carbocycles. The lowest BCUT2D eigenvalue weighted by Crippen LogP contribution is -2.21. The number of ether oxygens (including phenoxy) is 2. The quantitative estimate of drug-likeness (QED) is 0.312. The third-order valence-corrected chi connectivity index (χ3v) is 5.46. The average Bonchev–Trinajstić information content (AvgIpc) is 3.15. The third kappa shape index (κ3) is 4.86. The Balaban J connectivity index is 1.84. The van der Waals surface area contributed by atoms with Crippen LogP contribution >= 0.6 is 0 Å². The molecule has 6 nitrogen and oxygen atoms in total. The normalized spacial score (nSPS) is 11.8. The van der Waals surface area contributed by atoms with E-state index in [1.807, 2.05) is 54.6 Å². The van der Waals surface area contributed by atoms with Gasteiger partial charge in [-0.1, -0.05) is 56.3 Å². The van der Waals surface area contributed by atoms with Gasteiger partial charge in [0.1, 0.15) is 0 Å². The molecule has 0 radical (unpaired) electrons. The zero-order chi connectivity index (χ0) is 23.4. The molecular formula is C27H29N3O3. The monoisotopic (exact) mass is 443 g/mol. The van der Waals surface area contributed by atoms with Crippen molar-refractivity contribution in [1.82, 2.24) is 10.3 Å². The predicted molar refractivity (Wildman–Crippen MR) is 133 cm³/mol. The molecule has 170 valence electrons. The number of aromatic hydroxyl groups is 1. The molecule has 0 aliphatic carbocycles. The van der Waals surface area contributed by atoms with Gasteiger partial charge < -0.3 is 24.9 Å². The minimum Gasteiger partial charge on any atom is -0.494 e. The first-order chi connectivity index (χ1) is 16.0. The van der Waals surface area contributed by atoms with E-state index in [2.05, 4.69) is 36.3 Å². The van der Waals surface area contributed by atoms with Gasteiger partial charge in [-0.25, -0.2) is 4.99 Å². The Labute approximate surface area is 193 Å². The predicted octanol–water partition coefficient (Wildman–Crippen LogP) is 5.56. The number of hydrogen-bond acceptors (Lipinski definition) is 5. The maximum atomic E-state index is 10.9. The fourth-order valence-corrected chi connectivity index (χ4v) is 3.75. The van der Waals surface area contributed by atoms with Crippen molar-refractivity contribution >= 4 is 22.3 Å². The lowest BCUT2D eigenvalue weighted by atomic mass is 10.0. The van der Waals surface area contributed by atoms with Gasteiger partial charge in [0, 0.05) is 29.6 Å². The Kier molecular flexibility index (Phi) is 6.66. The number of nitrogens with one attached hydrogen (secondary N) is 2. The van der Waals surface area contributed by atoms with Crippen molar-refractivity contribution < 1.29 is 14.6 Å². The Morgan fingerprint density at radius 1 is 0.970 bits per heavy atom. The maximum Gasteiger partial charge on any atom is 0.199 e. The van der Waals surface area contributed by atoms with Crippen molar-refractivity contribution in [3.8, 4) is 17.4 Å². The summed E-state index contributed by atoms with van der Waals surface area (Å²) < 4.78 is 10.9. The van der Waals surface area contributed by atoms with Crippen molar-refractivity contribution in [2.75, 3.05) is 14.2 Å². The molecular weight excluding hydrogens is 414 g/mol. The summed E-state index contributed by atoms with van der Waals surface area (Å²) in [6, 6.07) is 22.1. The molecule has 0 saturated carbocycles. The molecule has 0 amide bonds. The van der Waals surface area contributed by atoms with E-state index in [9.17, 15) is 5.11 Å². The number of methoxy groups -OCH3 is 2. The number of aromatic nitrogens is 1. The van der Waals surface area contributed by atoms with E-state index in [4.69, 9.17) is 14.5 Å². The summed E-state index contributed by atoms with van der Waals surface area (Å²) in [5, 5.41) is 15.1. The zero-order valence-corrected chi connectivity index (χ0v) is 19.3. The number of rotatable bonds is 8. The van der Waals surface area contributed by atoms with Crippen molar-refractivity contribution in [3.63, 3.8) is 0 Å². The van der Waals surface area contributed by atoms with E-state index in [0.29, 0.717) is 28.8 Å². The lowest BCUT2D eigenvalue weighted by Gasteiger charge is -2.11. The summed E-state index contributed by atoms with van der Waals surface area (Å²) in [5.74, 6) is 1.21. The molecule has 4 aromatic rings. The van der Waals surface area contributed by atoms with Crippen LogP contribution in [0.4, 0.5) is 5.69 Å². The highest BCUT2D eigenvalue weighted by Gasteiger charge is 2.21. The van der Waals surface area contributed by atoms with Crippen molar-refractivity contribution in [1.29, 1.82) is 0 Å². The molecule has 0 spiro atoms. The second-order valence-corrected chi connectivity index (χ2v) is 8.13. The van der Waals surface area contributed by atoms with Gasteiger partial charge in [-0.05, 0) is 23.8 Å². The first-order valence-corrected chi connectivity index (χ1v) is 10.9. The van der Waals surface area contributed by atoms with Crippen LogP contribution in [0.3, 0.4) is 0 Å². The van der Waals surface area contributed by atoms with E-state index < -0.39 is 0 Å². The summed E-state index contributed by atoms with van der Waals surface area (Å²) in [7, 11) is 3.18. The third-order valence-electron chi connectivity index (χ3n) is 5.46. The number of fused-ring (bicyclic) bond motifs is 1. The molecule has 1 heterocycles. The summed E-state index contributed by atoms with van der Waals surface area (Å²) in [5.41, 5.74) is 4.90. The Bertz CT molecular complexity index is 1260. The van der Waals surface area contributed by atoms with Gasteiger partial charge in [0.15, 0.2) is 17.4 Å². The molecule has 0 aliphatic rings. The van der Waals surface area contributed by atoms with Gasteiger partial charge >= 0.3 is 0 Å². The summed E-state index contributed by atoms with van der Waals surface area (Å²) in [6.07, 6.45) is 0. The number of benzene rings is 3. The standard InChI is InChI=1S/C27H29N3O3/c1-17(2)28-16-18-10-12-20(13-11-18)29-26(19-8-6-5-7-9-19)25-21-14-23(32-3)24(33-4)15-22(21)30-27(25)31/h5-15,17,28,30-31H,16H2,1-4H3. The van der Waals surface area contributed by atoms with Gasteiger partial charge in [0.2, 0.25) is 0 Å². The van der Waals surface area contributed by atoms with E-state index in [1.165, 1.54) is 5.56 Å². The molecule has 0 aliphatic heterocycles. The number of aliphatic imine (C=N–C) groups is 1. The first-order valence-electron chi connectivity index (χ1n) is 10.9. The molecule has 4 rings (SSSR count). The molecule has 3 N–H and O–H groups in total. The van der Waals surface area contributed by atoms with E-state index >= 15 is 0 Å². The fraction of sp³-hybridized carbons (Fsp3) is 0.222. The number of aromatic amines is 1. The van der Waals surface area contributed by atoms with Crippen LogP contribution in [0.25, 0.3) is 10.9 Å². The molecule has 0 fully saturated rings. The molecule has 6 heteroatoms.